The van der Waals surface area contributed by atoms with E-state index in [9.17, 15) is 14.4 Å². The third-order valence-electron chi connectivity index (χ3n) is 2.63. The first kappa shape index (κ1) is 16.5. The molecule has 3 amide bonds. The van der Waals surface area contributed by atoms with Crippen LogP contribution in [0.25, 0.3) is 0 Å². The van der Waals surface area contributed by atoms with Crippen LogP contribution in [-0.4, -0.2) is 30.1 Å². The molecule has 0 heterocycles. The topological polar surface area (TPSA) is 105 Å². The van der Waals surface area contributed by atoms with Gasteiger partial charge in [0.1, 0.15) is 5.75 Å². The van der Waals surface area contributed by atoms with Gasteiger partial charge in [0.15, 0.2) is 0 Å². The lowest BCUT2D eigenvalue weighted by atomic mass is 10.2. The second-order valence-electron chi connectivity index (χ2n) is 4.33. The molecule has 0 aromatic heterocycles. The normalized spacial score (nSPS) is 9.76. The second kappa shape index (κ2) is 8.57. The van der Waals surface area contributed by atoms with E-state index in [1.165, 1.54) is 0 Å². The van der Waals surface area contributed by atoms with Crippen LogP contribution in [-0.2, 0) is 16.1 Å². The quantitative estimate of drug-likeness (QED) is 0.702. The number of hydrogen-bond donors (Lipinski definition) is 3. The molecule has 0 saturated carbocycles. The van der Waals surface area contributed by atoms with Crippen molar-refractivity contribution in [2.45, 2.75) is 25.8 Å². The Bertz CT molecular complexity index is 516. The minimum Gasteiger partial charge on any atom is -0.497 e. The molecule has 3 N–H and O–H groups in total. The number of amides is 3. The number of carbonyl (C=O) groups is 3. The van der Waals surface area contributed by atoms with Gasteiger partial charge in [-0.3, -0.25) is 14.9 Å². The van der Waals surface area contributed by atoms with Crippen molar-refractivity contribution in [2.75, 3.05) is 7.11 Å². The summed E-state index contributed by atoms with van der Waals surface area (Å²) < 4.78 is 5.06. The predicted octanol–water partition coefficient (Wildman–Crippen LogP) is 1.28. The van der Waals surface area contributed by atoms with Gasteiger partial charge in [0, 0.05) is 19.4 Å². The number of ether oxygens (including phenoxy) is 1. The van der Waals surface area contributed by atoms with Crippen LogP contribution in [0.4, 0.5) is 4.79 Å². The molecule has 7 heteroatoms. The number of nitrogens with one attached hydrogen (secondary N) is 2. The van der Waals surface area contributed by atoms with E-state index in [4.69, 9.17) is 9.84 Å². The van der Waals surface area contributed by atoms with Crippen LogP contribution in [0.2, 0.25) is 0 Å². The van der Waals surface area contributed by atoms with Crippen LogP contribution >= 0.6 is 0 Å². The highest BCUT2D eigenvalue weighted by Crippen LogP contribution is 2.11. The highest BCUT2D eigenvalue weighted by atomic mass is 16.5. The standard InChI is InChI=1S/C14H18N2O5/c1-21-11-5-2-4-10(8-11)9-15-14(20)16-12(17)6-3-7-13(18)19/h2,4-5,8H,3,6-7,9H2,1H3,(H,18,19)(H2,15,16,17,20). The van der Waals surface area contributed by atoms with Gasteiger partial charge in [-0.25, -0.2) is 4.79 Å². The van der Waals surface area contributed by atoms with Crippen molar-refractivity contribution < 1.29 is 24.2 Å². The summed E-state index contributed by atoms with van der Waals surface area (Å²) in [5.41, 5.74) is 0.836. The summed E-state index contributed by atoms with van der Waals surface area (Å²) in [6.45, 7) is 0.255. The molecule has 114 valence electrons. The first-order valence-corrected chi connectivity index (χ1v) is 6.43. The molecule has 7 nitrogen and oxygen atoms in total. The van der Waals surface area contributed by atoms with Gasteiger partial charge in [-0.1, -0.05) is 12.1 Å². The molecule has 0 bridgehead atoms. The molecular weight excluding hydrogens is 276 g/mol. The zero-order valence-electron chi connectivity index (χ0n) is 11.7. The number of imide groups is 1. The molecule has 1 aromatic rings. The van der Waals surface area contributed by atoms with E-state index in [1.807, 2.05) is 6.07 Å². The Kier molecular flexibility index (Phi) is 6.73. The van der Waals surface area contributed by atoms with Crippen LogP contribution in [0.15, 0.2) is 24.3 Å². The second-order valence-corrected chi connectivity index (χ2v) is 4.33. The van der Waals surface area contributed by atoms with Crippen molar-refractivity contribution in [3.05, 3.63) is 29.8 Å². The lowest BCUT2D eigenvalue weighted by Crippen LogP contribution is -2.39. The number of carbonyl (C=O) groups excluding carboxylic acids is 2. The number of carboxylic acid groups (broad SMARTS) is 1. The van der Waals surface area contributed by atoms with Crippen molar-refractivity contribution in [1.29, 1.82) is 0 Å². The Morgan fingerprint density at radius 2 is 2.00 bits per heavy atom. The Morgan fingerprint density at radius 3 is 2.67 bits per heavy atom. The fraction of sp³-hybridized carbons (Fsp3) is 0.357. The van der Waals surface area contributed by atoms with Crippen molar-refractivity contribution in [3.63, 3.8) is 0 Å². The third kappa shape index (κ3) is 6.95. The van der Waals surface area contributed by atoms with E-state index >= 15 is 0 Å². The number of hydrogen-bond acceptors (Lipinski definition) is 4. The van der Waals surface area contributed by atoms with Gasteiger partial charge < -0.3 is 15.2 Å². The van der Waals surface area contributed by atoms with Gasteiger partial charge >= 0.3 is 12.0 Å². The molecule has 1 aromatic carbocycles. The van der Waals surface area contributed by atoms with Crippen molar-refractivity contribution >= 4 is 17.9 Å². The Balaban J connectivity index is 2.30. The highest BCUT2D eigenvalue weighted by Gasteiger charge is 2.08. The van der Waals surface area contributed by atoms with Crippen LogP contribution in [0.5, 0.6) is 5.75 Å². The van der Waals surface area contributed by atoms with Crippen LogP contribution in [0.1, 0.15) is 24.8 Å². The van der Waals surface area contributed by atoms with Crippen molar-refractivity contribution in [1.82, 2.24) is 10.6 Å². The van der Waals surface area contributed by atoms with Gasteiger partial charge in [-0.15, -0.1) is 0 Å². The zero-order chi connectivity index (χ0) is 15.7. The van der Waals surface area contributed by atoms with E-state index in [0.29, 0.717) is 5.75 Å². The molecule has 0 aliphatic carbocycles. The molecule has 0 spiro atoms. The summed E-state index contributed by atoms with van der Waals surface area (Å²) in [5.74, 6) is -0.788. The fourth-order valence-corrected chi connectivity index (χ4v) is 1.60. The van der Waals surface area contributed by atoms with E-state index in [-0.39, 0.29) is 25.8 Å². The number of carboxylic acids is 1. The Labute approximate surface area is 122 Å². The summed E-state index contributed by atoms with van der Waals surface area (Å²) in [5, 5.41) is 13.1. The third-order valence-corrected chi connectivity index (χ3v) is 2.63. The highest BCUT2D eigenvalue weighted by molar-refractivity contribution is 5.94. The minimum absolute atomic E-state index is 0.00111. The van der Waals surface area contributed by atoms with Crippen LogP contribution < -0.4 is 15.4 Å². The van der Waals surface area contributed by atoms with E-state index < -0.39 is 17.9 Å². The maximum absolute atomic E-state index is 11.5. The first-order valence-electron chi connectivity index (χ1n) is 6.43. The lowest BCUT2D eigenvalue weighted by Gasteiger charge is -2.07. The molecule has 0 aliphatic rings. The zero-order valence-corrected chi connectivity index (χ0v) is 11.7. The van der Waals surface area contributed by atoms with Crippen LogP contribution in [0, 0.1) is 0 Å². The molecule has 1 rings (SSSR count). The van der Waals surface area contributed by atoms with Gasteiger partial charge in [0.05, 0.1) is 7.11 Å². The monoisotopic (exact) mass is 294 g/mol. The van der Waals surface area contributed by atoms with Gasteiger partial charge in [0.25, 0.3) is 0 Å². The average Bonchev–Trinajstić information content (AvgIpc) is 2.45. The number of rotatable bonds is 7. The summed E-state index contributed by atoms with van der Waals surface area (Å²) >= 11 is 0. The molecule has 0 atom stereocenters. The Hall–Kier alpha value is -2.57. The summed E-state index contributed by atoms with van der Waals surface area (Å²) in [4.78, 5) is 33.1. The molecule has 0 saturated heterocycles. The largest absolute Gasteiger partial charge is 0.497 e. The first-order chi connectivity index (χ1) is 10.0. The predicted molar refractivity (Wildman–Crippen MR) is 74.9 cm³/mol. The maximum Gasteiger partial charge on any atom is 0.321 e. The Morgan fingerprint density at radius 1 is 1.24 bits per heavy atom. The molecule has 21 heavy (non-hydrogen) atoms. The maximum atomic E-state index is 11.5. The fourth-order valence-electron chi connectivity index (χ4n) is 1.60. The lowest BCUT2D eigenvalue weighted by molar-refractivity contribution is -0.137. The SMILES string of the molecule is COc1cccc(CNC(=O)NC(=O)CCCC(=O)O)c1. The van der Waals surface area contributed by atoms with Crippen molar-refractivity contribution in [3.8, 4) is 5.75 Å². The molecule has 0 fully saturated rings. The minimum atomic E-state index is -0.967. The smallest absolute Gasteiger partial charge is 0.321 e. The number of methoxy groups -OCH3 is 1. The molecule has 0 radical (unpaired) electrons. The molecule has 0 unspecified atom stereocenters. The van der Waals surface area contributed by atoms with Crippen molar-refractivity contribution in [2.24, 2.45) is 0 Å². The summed E-state index contributed by atoms with van der Waals surface area (Å²) in [6, 6.07) is 6.56. The molecule has 0 aliphatic heterocycles. The average molecular weight is 294 g/mol. The van der Waals surface area contributed by atoms with E-state index in [1.54, 1.807) is 25.3 Å². The summed E-state index contributed by atoms with van der Waals surface area (Å²) in [7, 11) is 1.55. The van der Waals surface area contributed by atoms with E-state index in [0.717, 1.165) is 5.56 Å². The van der Waals surface area contributed by atoms with E-state index in [2.05, 4.69) is 10.6 Å². The van der Waals surface area contributed by atoms with Crippen LogP contribution in [0.3, 0.4) is 0 Å². The molecular formula is C14H18N2O5. The number of aliphatic carboxylic acids is 1. The summed E-state index contributed by atoms with van der Waals surface area (Å²) in [6.07, 6.45) is 0.0993. The van der Waals surface area contributed by atoms with Gasteiger partial charge in [0.2, 0.25) is 5.91 Å². The number of urea groups is 1. The van der Waals surface area contributed by atoms with Gasteiger partial charge in [-0.2, -0.15) is 0 Å². The van der Waals surface area contributed by atoms with Gasteiger partial charge in [-0.05, 0) is 24.1 Å². The number of benzene rings is 1.